The summed E-state index contributed by atoms with van der Waals surface area (Å²) in [5, 5.41) is 0.635. The minimum atomic E-state index is -4.39. The van der Waals surface area contributed by atoms with Gasteiger partial charge in [-0.2, -0.15) is 13.2 Å². The summed E-state index contributed by atoms with van der Waals surface area (Å²) in [7, 11) is 0. The largest absolute Gasteiger partial charge is 0.462 e. The molecule has 0 saturated carbocycles. The Hall–Kier alpha value is -2.61. The number of aromatic nitrogens is 1. The molecule has 1 aromatic heterocycles. The molecule has 4 nitrogen and oxygen atoms in total. The van der Waals surface area contributed by atoms with Crippen molar-refractivity contribution in [2.24, 2.45) is 0 Å². The Morgan fingerprint density at radius 2 is 2.07 bits per heavy atom. The van der Waals surface area contributed by atoms with Crippen LogP contribution in [0.5, 0.6) is 0 Å². The molecule has 4 rings (SSSR count). The summed E-state index contributed by atoms with van der Waals surface area (Å²) in [6, 6.07) is 9.07. The van der Waals surface area contributed by atoms with Crippen LogP contribution in [-0.2, 0) is 24.0 Å². The van der Waals surface area contributed by atoms with Crippen molar-refractivity contribution < 1.29 is 22.7 Å². The van der Waals surface area contributed by atoms with Gasteiger partial charge in [0.1, 0.15) is 0 Å². The second kappa shape index (κ2) is 6.53. The van der Waals surface area contributed by atoms with E-state index < -0.39 is 11.7 Å². The Morgan fingerprint density at radius 1 is 1.26 bits per heavy atom. The highest BCUT2D eigenvalue weighted by Crippen LogP contribution is 2.38. The van der Waals surface area contributed by atoms with Crippen molar-refractivity contribution in [3.63, 3.8) is 0 Å². The van der Waals surface area contributed by atoms with Gasteiger partial charge in [0.15, 0.2) is 5.13 Å². The van der Waals surface area contributed by atoms with E-state index in [1.807, 2.05) is 17.0 Å². The van der Waals surface area contributed by atoms with Crippen LogP contribution in [0.1, 0.15) is 34.0 Å². The third-order valence-electron chi connectivity index (χ3n) is 4.45. The first-order valence-corrected chi connectivity index (χ1v) is 9.19. The molecule has 1 aliphatic rings. The number of nitrogens with zero attached hydrogens (tertiary/aromatic N) is 2. The van der Waals surface area contributed by atoms with Gasteiger partial charge in [0.25, 0.3) is 0 Å². The standard InChI is InChI=1S/C19H15F3N2O2S/c1-2-26-17(25)13-5-3-4-11-9-24(10-14(11)13)18-23-15-8-12(19(20,21)22)6-7-16(15)27-18/h3-8H,2,9-10H2,1H3. The smallest absolute Gasteiger partial charge is 0.416 e. The molecule has 8 heteroatoms. The van der Waals surface area contributed by atoms with E-state index in [9.17, 15) is 18.0 Å². The molecule has 2 heterocycles. The molecular formula is C19H15F3N2O2S. The lowest BCUT2D eigenvalue weighted by atomic mass is 10.0. The average molecular weight is 392 g/mol. The molecule has 3 aromatic rings. The molecule has 0 fully saturated rings. The lowest BCUT2D eigenvalue weighted by molar-refractivity contribution is -0.137. The van der Waals surface area contributed by atoms with E-state index in [-0.39, 0.29) is 5.97 Å². The SMILES string of the molecule is CCOC(=O)c1cccc2c1CN(c1nc3cc(C(F)(F)F)ccc3s1)C2. The molecule has 0 spiro atoms. The number of benzene rings is 2. The highest BCUT2D eigenvalue weighted by Gasteiger charge is 2.31. The monoisotopic (exact) mass is 392 g/mol. The molecule has 2 aromatic carbocycles. The zero-order valence-corrected chi connectivity index (χ0v) is 15.2. The fourth-order valence-corrected chi connectivity index (χ4v) is 4.13. The number of carbonyl (C=O) groups is 1. The maximum absolute atomic E-state index is 12.9. The fourth-order valence-electron chi connectivity index (χ4n) is 3.18. The van der Waals surface area contributed by atoms with E-state index in [4.69, 9.17) is 4.74 Å². The van der Waals surface area contributed by atoms with E-state index >= 15 is 0 Å². The van der Waals surface area contributed by atoms with Crippen molar-refractivity contribution >= 4 is 32.7 Å². The van der Waals surface area contributed by atoms with E-state index in [0.717, 1.165) is 23.3 Å². The Kier molecular flexibility index (Phi) is 4.30. The fraction of sp³-hybridized carbons (Fsp3) is 0.263. The number of hydrogen-bond donors (Lipinski definition) is 0. The number of halogens is 3. The first kappa shape index (κ1) is 17.8. The summed E-state index contributed by atoms with van der Waals surface area (Å²) < 4.78 is 44.5. The summed E-state index contributed by atoms with van der Waals surface area (Å²) in [5.41, 5.74) is 2.02. The van der Waals surface area contributed by atoms with E-state index in [1.54, 1.807) is 13.0 Å². The van der Waals surface area contributed by atoms with Gasteiger partial charge in [-0.05, 0) is 42.3 Å². The number of alkyl halides is 3. The van der Waals surface area contributed by atoms with E-state index in [0.29, 0.717) is 40.6 Å². The van der Waals surface area contributed by atoms with Crippen molar-refractivity contribution in [2.45, 2.75) is 26.2 Å². The van der Waals surface area contributed by atoms with Crippen LogP contribution in [0.3, 0.4) is 0 Å². The van der Waals surface area contributed by atoms with Crippen molar-refractivity contribution in [3.8, 4) is 0 Å². The number of esters is 1. The summed E-state index contributed by atoms with van der Waals surface area (Å²) in [4.78, 5) is 18.5. The number of fused-ring (bicyclic) bond motifs is 2. The van der Waals surface area contributed by atoms with Crippen LogP contribution in [-0.4, -0.2) is 17.6 Å². The molecule has 0 atom stereocenters. The van der Waals surface area contributed by atoms with Crippen LogP contribution in [0.2, 0.25) is 0 Å². The highest BCUT2D eigenvalue weighted by atomic mass is 32.1. The number of carbonyl (C=O) groups excluding carboxylic acids is 1. The maximum Gasteiger partial charge on any atom is 0.416 e. The molecule has 0 saturated heterocycles. The maximum atomic E-state index is 12.9. The van der Waals surface area contributed by atoms with Crippen LogP contribution in [0.15, 0.2) is 36.4 Å². The molecule has 0 bridgehead atoms. The minimum absolute atomic E-state index is 0.297. The average Bonchev–Trinajstić information content (AvgIpc) is 3.23. The molecule has 1 aliphatic heterocycles. The number of rotatable bonds is 3. The lowest BCUT2D eigenvalue weighted by Crippen LogP contribution is -2.15. The molecule has 0 N–H and O–H groups in total. The second-order valence-electron chi connectivity index (χ2n) is 6.20. The number of thiazole rings is 1. The van der Waals surface area contributed by atoms with Crippen LogP contribution < -0.4 is 4.90 Å². The van der Waals surface area contributed by atoms with Gasteiger partial charge >= 0.3 is 12.1 Å². The molecule has 0 amide bonds. The topological polar surface area (TPSA) is 42.4 Å². The second-order valence-corrected chi connectivity index (χ2v) is 7.21. The van der Waals surface area contributed by atoms with Crippen molar-refractivity contribution in [3.05, 3.63) is 58.7 Å². The van der Waals surface area contributed by atoms with Gasteiger partial charge in [0.2, 0.25) is 0 Å². The Bertz CT molecular complexity index is 1030. The first-order valence-electron chi connectivity index (χ1n) is 8.37. The molecular weight excluding hydrogens is 377 g/mol. The number of ether oxygens (including phenoxy) is 1. The predicted molar refractivity (Wildman–Crippen MR) is 96.9 cm³/mol. The van der Waals surface area contributed by atoms with Crippen LogP contribution in [0.4, 0.5) is 18.3 Å². The van der Waals surface area contributed by atoms with Gasteiger partial charge in [-0.25, -0.2) is 9.78 Å². The lowest BCUT2D eigenvalue weighted by Gasteiger charge is -2.13. The summed E-state index contributed by atoms with van der Waals surface area (Å²) in [6.45, 7) is 3.07. The molecule has 27 heavy (non-hydrogen) atoms. The van der Waals surface area contributed by atoms with Crippen molar-refractivity contribution in [2.75, 3.05) is 11.5 Å². The van der Waals surface area contributed by atoms with Gasteiger partial charge < -0.3 is 9.64 Å². The van der Waals surface area contributed by atoms with Gasteiger partial charge in [-0.15, -0.1) is 0 Å². The van der Waals surface area contributed by atoms with E-state index in [1.165, 1.54) is 17.4 Å². The number of hydrogen-bond acceptors (Lipinski definition) is 5. The van der Waals surface area contributed by atoms with Crippen LogP contribution in [0.25, 0.3) is 10.2 Å². The Morgan fingerprint density at radius 3 is 2.81 bits per heavy atom. The molecule has 140 valence electrons. The Balaban J connectivity index is 1.65. The molecule has 0 unspecified atom stereocenters. The summed E-state index contributed by atoms with van der Waals surface area (Å²) >= 11 is 1.34. The predicted octanol–water partition coefficient (Wildman–Crippen LogP) is 5.01. The third kappa shape index (κ3) is 3.25. The third-order valence-corrected chi connectivity index (χ3v) is 5.55. The van der Waals surface area contributed by atoms with Crippen molar-refractivity contribution in [1.82, 2.24) is 4.98 Å². The summed E-state index contributed by atoms with van der Waals surface area (Å²) in [5.74, 6) is -0.365. The van der Waals surface area contributed by atoms with Gasteiger partial charge in [-0.1, -0.05) is 23.5 Å². The van der Waals surface area contributed by atoms with Crippen molar-refractivity contribution in [1.29, 1.82) is 0 Å². The normalized spacial score (nSPS) is 13.9. The minimum Gasteiger partial charge on any atom is -0.462 e. The molecule has 0 radical (unpaired) electrons. The number of anilines is 1. The first-order chi connectivity index (χ1) is 12.9. The van der Waals surface area contributed by atoms with Crippen LogP contribution in [0, 0.1) is 0 Å². The quantitative estimate of drug-likeness (QED) is 0.588. The van der Waals surface area contributed by atoms with Gasteiger partial charge in [0, 0.05) is 13.1 Å². The van der Waals surface area contributed by atoms with E-state index in [2.05, 4.69) is 4.98 Å². The van der Waals surface area contributed by atoms with Gasteiger partial charge in [0.05, 0.1) is 28.0 Å². The highest BCUT2D eigenvalue weighted by molar-refractivity contribution is 7.22. The Labute approximate surface area is 157 Å². The van der Waals surface area contributed by atoms with Gasteiger partial charge in [-0.3, -0.25) is 0 Å². The van der Waals surface area contributed by atoms with Crippen LogP contribution >= 0.6 is 11.3 Å². The zero-order chi connectivity index (χ0) is 19.2. The summed E-state index contributed by atoms with van der Waals surface area (Å²) in [6.07, 6.45) is -4.39. The zero-order valence-electron chi connectivity index (χ0n) is 14.3. The molecule has 0 aliphatic carbocycles.